The van der Waals surface area contributed by atoms with Gasteiger partial charge in [-0.25, -0.2) is 4.98 Å². The number of nitrogens with one attached hydrogen (secondary N) is 1. The van der Waals surface area contributed by atoms with Crippen molar-refractivity contribution in [3.05, 3.63) is 52.3 Å². The van der Waals surface area contributed by atoms with E-state index < -0.39 is 0 Å². The van der Waals surface area contributed by atoms with Gasteiger partial charge in [0.1, 0.15) is 0 Å². The largest absolute Gasteiger partial charge is 0.336 e. The first-order valence-corrected chi connectivity index (χ1v) is 8.18. The molecule has 4 rings (SSSR count). The first-order chi connectivity index (χ1) is 11.5. The molecule has 1 saturated carbocycles. The highest BCUT2D eigenvalue weighted by atomic mass is 16.5. The van der Waals surface area contributed by atoms with Gasteiger partial charge < -0.3 is 9.84 Å². The molecule has 5 heteroatoms. The third kappa shape index (κ3) is 2.56. The quantitative estimate of drug-likeness (QED) is 0.782. The van der Waals surface area contributed by atoms with Crippen molar-refractivity contribution in [3.8, 4) is 0 Å². The molecule has 0 bridgehead atoms. The number of fused-ring (bicyclic) bond motifs is 1. The number of hydrogen-bond acceptors (Lipinski definition) is 4. The lowest BCUT2D eigenvalue weighted by atomic mass is 10.1. The van der Waals surface area contributed by atoms with Crippen LogP contribution in [0.3, 0.4) is 0 Å². The maximum atomic E-state index is 12.9. The number of benzene rings is 1. The first-order valence-electron chi connectivity index (χ1n) is 8.18. The van der Waals surface area contributed by atoms with Crippen LogP contribution in [0.2, 0.25) is 0 Å². The van der Waals surface area contributed by atoms with E-state index in [1.165, 1.54) is 5.56 Å². The van der Waals surface area contributed by atoms with Crippen LogP contribution >= 0.6 is 0 Å². The Kier molecular flexibility index (Phi) is 3.37. The lowest BCUT2D eigenvalue weighted by Gasteiger charge is -2.09. The minimum atomic E-state index is -0.154. The van der Waals surface area contributed by atoms with E-state index in [0.29, 0.717) is 28.3 Å². The highest BCUT2D eigenvalue weighted by Gasteiger charge is 2.28. The van der Waals surface area contributed by atoms with Crippen LogP contribution in [0.25, 0.3) is 11.1 Å². The van der Waals surface area contributed by atoms with E-state index in [4.69, 9.17) is 4.52 Å². The van der Waals surface area contributed by atoms with Crippen LogP contribution in [-0.4, -0.2) is 16.0 Å². The molecule has 1 fully saturated rings. The number of amides is 1. The molecular weight excluding hydrogens is 302 g/mol. The van der Waals surface area contributed by atoms with Gasteiger partial charge in [-0.15, -0.1) is 0 Å². The Morgan fingerprint density at radius 2 is 1.96 bits per heavy atom. The summed E-state index contributed by atoms with van der Waals surface area (Å²) in [7, 11) is 0. The van der Waals surface area contributed by atoms with Crippen molar-refractivity contribution < 1.29 is 9.32 Å². The lowest BCUT2D eigenvalue weighted by molar-refractivity contribution is 0.102. The second-order valence-corrected chi connectivity index (χ2v) is 6.57. The number of anilines is 1. The molecule has 24 heavy (non-hydrogen) atoms. The topological polar surface area (TPSA) is 68.0 Å². The van der Waals surface area contributed by atoms with Crippen molar-refractivity contribution in [2.45, 2.75) is 39.5 Å². The summed E-state index contributed by atoms with van der Waals surface area (Å²) in [5.41, 5.74) is 5.77. The van der Waals surface area contributed by atoms with Crippen LogP contribution in [0.4, 0.5) is 5.69 Å². The van der Waals surface area contributed by atoms with Gasteiger partial charge in [-0.1, -0.05) is 11.2 Å². The molecule has 0 radical (unpaired) electrons. The van der Waals surface area contributed by atoms with Crippen molar-refractivity contribution in [3.63, 3.8) is 0 Å². The third-order valence-electron chi connectivity index (χ3n) is 4.64. The molecule has 3 aromatic rings. The Hall–Kier alpha value is -2.69. The molecule has 0 atom stereocenters. The molecule has 1 amide bonds. The van der Waals surface area contributed by atoms with Crippen LogP contribution in [0.1, 0.15) is 51.6 Å². The number of pyridine rings is 1. The number of carbonyl (C=O) groups excluding carboxylic acids is 1. The Morgan fingerprint density at radius 3 is 2.67 bits per heavy atom. The maximum Gasteiger partial charge on any atom is 0.259 e. The summed E-state index contributed by atoms with van der Waals surface area (Å²) in [5, 5.41) is 7.66. The van der Waals surface area contributed by atoms with Gasteiger partial charge in [-0.3, -0.25) is 4.79 Å². The van der Waals surface area contributed by atoms with Crippen molar-refractivity contribution in [2.24, 2.45) is 0 Å². The van der Waals surface area contributed by atoms with Gasteiger partial charge in [0.15, 0.2) is 0 Å². The number of aryl methyl sites for hydroxylation is 3. The zero-order valence-electron chi connectivity index (χ0n) is 14.0. The van der Waals surface area contributed by atoms with E-state index in [1.54, 1.807) is 0 Å². The third-order valence-corrected chi connectivity index (χ3v) is 4.64. The second-order valence-electron chi connectivity index (χ2n) is 6.57. The molecule has 0 aliphatic heterocycles. The van der Waals surface area contributed by atoms with Crippen molar-refractivity contribution >= 4 is 22.7 Å². The van der Waals surface area contributed by atoms with Gasteiger partial charge in [0.2, 0.25) is 0 Å². The number of hydrogen-bond donors (Lipinski definition) is 1. The first kappa shape index (κ1) is 14.9. The van der Waals surface area contributed by atoms with Crippen molar-refractivity contribution in [1.82, 2.24) is 10.1 Å². The molecule has 1 N–H and O–H groups in total. The molecule has 0 spiro atoms. The standard InChI is InChI=1S/C19H19N3O2/c1-10-4-7-14(8-11(10)2)20-18(23)15-9-16(13-5-6-13)21-19-17(15)12(3)22-24-19/h4,7-9,13H,5-6H2,1-3H3,(H,20,23). The molecule has 1 aromatic carbocycles. The van der Waals surface area contributed by atoms with E-state index in [-0.39, 0.29) is 5.91 Å². The summed E-state index contributed by atoms with van der Waals surface area (Å²) >= 11 is 0. The second kappa shape index (κ2) is 5.44. The molecule has 122 valence electrons. The zero-order chi connectivity index (χ0) is 16.8. The minimum Gasteiger partial charge on any atom is -0.336 e. The van der Waals surface area contributed by atoms with E-state index in [2.05, 4.69) is 22.4 Å². The number of aromatic nitrogens is 2. The average Bonchev–Trinajstić information content (AvgIpc) is 3.34. The summed E-state index contributed by atoms with van der Waals surface area (Å²) in [6, 6.07) is 7.79. The van der Waals surface area contributed by atoms with Gasteiger partial charge in [-0.05, 0) is 62.9 Å². The highest BCUT2D eigenvalue weighted by Crippen LogP contribution is 2.40. The predicted molar refractivity (Wildman–Crippen MR) is 92.4 cm³/mol. The van der Waals surface area contributed by atoms with Crippen molar-refractivity contribution in [2.75, 3.05) is 5.32 Å². The van der Waals surface area contributed by atoms with Crippen LogP contribution in [0, 0.1) is 20.8 Å². The van der Waals surface area contributed by atoms with E-state index >= 15 is 0 Å². The molecule has 5 nitrogen and oxygen atoms in total. The Bertz CT molecular complexity index is 955. The van der Waals surface area contributed by atoms with Crippen molar-refractivity contribution in [1.29, 1.82) is 0 Å². The SMILES string of the molecule is Cc1ccc(NC(=O)c2cc(C3CC3)nc3onc(C)c23)cc1C. The van der Waals surface area contributed by atoms with Crippen LogP contribution < -0.4 is 5.32 Å². The molecule has 1 aliphatic carbocycles. The zero-order valence-corrected chi connectivity index (χ0v) is 14.0. The number of rotatable bonds is 3. The molecule has 0 saturated heterocycles. The van der Waals surface area contributed by atoms with Crippen LogP contribution in [0.15, 0.2) is 28.8 Å². The summed E-state index contributed by atoms with van der Waals surface area (Å²) in [4.78, 5) is 17.4. The summed E-state index contributed by atoms with van der Waals surface area (Å²) in [6.07, 6.45) is 2.23. The van der Waals surface area contributed by atoms with Gasteiger partial charge in [0.25, 0.3) is 11.6 Å². The Balaban J connectivity index is 1.75. The monoisotopic (exact) mass is 321 g/mol. The summed E-state index contributed by atoms with van der Waals surface area (Å²) in [6.45, 7) is 5.91. The highest BCUT2D eigenvalue weighted by molar-refractivity contribution is 6.12. The number of nitrogens with zero attached hydrogens (tertiary/aromatic N) is 2. The molecular formula is C19H19N3O2. The molecule has 0 unspecified atom stereocenters. The van der Waals surface area contributed by atoms with Gasteiger partial charge in [0, 0.05) is 17.3 Å². The van der Waals surface area contributed by atoms with E-state index in [1.807, 2.05) is 38.1 Å². The fourth-order valence-corrected chi connectivity index (χ4v) is 2.90. The minimum absolute atomic E-state index is 0.154. The molecule has 2 heterocycles. The van der Waals surface area contributed by atoms with E-state index in [9.17, 15) is 4.79 Å². The molecule has 2 aromatic heterocycles. The summed E-state index contributed by atoms with van der Waals surface area (Å²) < 4.78 is 5.30. The molecule has 1 aliphatic rings. The van der Waals surface area contributed by atoms with E-state index in [0.717, 1.165) is 29.8 Å². The lowest BCUT2D eigenvalue weighted by Crippen LogP contribution is -2.13. The average molecular weight is 321 g/mol. The van der Waals surface area contributed by atoms with Crippen LogP contribution in [-0.2, 0) is 0 Å². The summed E-state index contributed by atoms with van der Waals surface area (Å²) in [5.74, 6) is 0.284. The Labute approximate surface area is 140 Å². The fraction of sp³-hybridized carbons (Fsp3) is 0.316. The van der Waals surface area contributed by atoms with Crippen LogP contribution in [0.5, 0.6) is 0 Å². The smallest absolute Gasteiger partial charge is 0.259 e. The number of carbonyl (C=O) groups is 1. The Morgan fingerprint density at radius 1 is 1.17 bits per heavy atom. The maximum absolute atomic E-state index is 12.9. The fourth-order valence-electron chi connectivity index (χ4n) is 2.90. The van der Waals surface area contributed by atoms with Gasteiger partial charge in [-0.2, -0.15) is 0 Å². The van der Waals surface area contributed by atoms with Gasteiger partial charge in [0.05, 0.1) is 16.6 Å². The van der Waals surface area contributed by atoms with Gasteiger partial charge >= 0.3 is 0 Å². The predicted octanol–water partition coefficient (Wildman–Crippen LogP) is 4.28. The normalized spacial score (nSPS) is 14.1.